The molecule has 2 aromatic carbocycles. The Bertz CT molecular complexity index is 3150. The van der Waals surface area contributed by atoms with E-state index in [-0.39, 0.29) is 70.0 Å². The molecule has 13 amide bonds. The molecule has 10 atom stereocenters. The van der Waals surface area contributed by atoms with E-state index >= 15 is 0 Å². The van der Waals surface area contributed by atoms with E-state index < -0.39 is 182 Å². The molecule has 594 valence electrons. The molecule has 0 aliphatic rings. The number of nitrogens with one attached hydrogen (secondary N) is 16. The predicted octanol–water partition coefficient (Wildman–Crippen LogP) is -8.52. The topological polar surface area (TPSA) is 640 Å². The van der Waals surface area contributed by atoms with Crippen LogP contribution in [0.4, 0.5) is 0 Å². The maximum atomic E-state index is 14.2. The Morgan fingerprint density at radius 2 is 0.991 bits per heavy atom. The fourth-order valence-corrected chi connectivity index (χ4v) is 9.80. The van der Waals surface area contributed by atoms with Crippen LogP contribution in [0.5, 0.6) is 0 Å². The van der Waals surface area contributed by atoms with Crippen LogP contribution in [0, 0.1) is 32.1 Å². The normalized spacial score (nSPS) is 13.8. The first-order chi connectivity index (χ1) is 50.9. The molecule has 107 heavy (non-hydrogen) atoms. The van der Waals surface area contributed by atoms with Crippen molar-refractivity contribution in [2.75, 3.05) is 72.1 Å². The molecule has 4 radical (unpaired) electrons. The van der Waals surface area contributed by atoms with Crippen LogP contribution in [0.25, 0.3) is 0 Å². The van der Waals surface area contributed by atoms with Crippen molar-refractivity contribution in [2.24, 2.45) is 45.3 Å². The Kier molecular flexibility index (Phi) is 46.7. The van der Waals surface area contributed by atoms with E-state index in [1.165, 1.54) is 20.4 Å². The van der Waals surface area contributed by atoms with E-state index in [0.717, 1.165) is 11.1 Å². The third-order valence-electron chi connectivity index (χ3n) is 15.5. The van der Waals surface area contributed by atoms with E-state index in [4.69, 9.17) is 34.4 Å². The van der Waals surface area contributed by atoms with E-state index in [9.17, 15) is 77.3 Å². The highest BCUT2D eigenvalue weighted by Gasteiger charge is 2.35. The number of nitrogens with zero attached hydrogens (tertiary/aromatic N) is 1. The molecule has 39 nitrogen and oxygen atoms in total. The van der Waals surface area contributed by atoms with Gasteiger partial charge in [-0.05, 0) is 88.8 Å². The number of unbranched alkanes of at least 4 members (excludes halogenated alkanes) is 1. The number of carboxylic acids is 1. The lowest BCUT2D eigenvalue weighted by Gasteiger charge is -2.27. The Morgan fingerprint density at radius 1 is 0.477 bits per heavy atom. The van der Waals surface area contributed by atoms with Gasteiger partial charge < -0.3 is 130 Å². The Hall–Kier alpha value is -10.0. The monoisotopic (exact) mass is 1510 g/mol. The van der Waals surface area contributed by atoms with Crippen molar-refractivity contribution in [1.82, 2.24) is 85.1 Å². The summed E-state index contributed by atoms with van der Waals surface area (Å²) < 4.78 is 0. The van der Waals surface area contributed by atoms with Crippen LogP contribution in [0.3, 0.4) is 0 Å². The standard InChI is InChI=1S/C68H111N23O16/c1-41(2)34-50(64(103)84-43(4)59(98)90-52(37-55(72)94)65(104)89-49(67(106)107)20-21-54(71)93)91-63(102)47(18-11-12-22-69)88-62(101)48(19-13-23-81-68(73)74)87-58(97)42(3)85-66(105)53(40-92)79-32-30-77-28-26-75-24-25-76-27-29-78-31-33-80-61(100)51(36-45-16-9-6-10-17-45)86-57(96)39-82-56(95)38-83-60(99)46(70)35-44-14-7-5-8-15-44/h5-10,14-17,25-26,30,33,41-43,46-53,75-79,92H,11-13,18-24,27-29,31-32,34-40,69-70H2,1-4H3,(H2,71,93)(H2,72,94)(H,80,100)(H,82,95)(H,83,99)(H,84,103)(H,85,105)(H,86,96)(H,87,97)(H,88,101)(H,89,104)(H,90,98)(H,91,102)(H,106,107)(H4,73,74,81)/t42-,43-,46-,47-,48-,49-,50-,51-,52-,53-/m0/s1. The number of guanidine groups is 1. The van der Waals surface area contributed by atoms with Gasteiger partial charge in [0.25, 0.3) is 0 Å². The first-order valence-corrected chi connectivity index (χ1v) is 35.1. The lowest BCUT2D eigenvalue weighted by molar-refractivity contribution is -0.143. The minimum atomic E-state index is -1.72. The van der Waals surface area contributed by atoms with Crippen LogP contribution in [0.1, 0.15) is 96.6 Å². The van der Waals surface area contributed by atoms with Gasteiger partial charge in [0.2, 0.25) is 76.8 Å². The molecule has 0 aliphatic heterocycles. The van der Waals surface area contributed by atoms with Crippen molar-refractivity contribution in [1.29, 1.82) is 0 Å². The number of aliphatic carboxylic acids is 1. The average molecular weight is 1510 g/mol. The van der Waals surface area contributed by atoms with Gasteiger partial charge in [-0.2, -0.15) is 0 Å². The van der Waals surface area contributed by atoms with Crippen LogP contribution in [0.2, 0.25) is 0 Å². The molecule has 30 N–H and O–H groups in total. The summed E-state index contributed by atoms with van der Waals surface area (Å²) in [5.74, 6) is -12.4. The maximum Gasteiger partial charge on any atom is 0.326 e. The Balaban J connectivity index is 1.86. The van der Waals surface area contributed by atoms with Crippen LogP contribution in [-0.2, 0) is 80.0 Å². The number of hydrogen-bond donors (Lipinski definition) is 24. The number of carboxylic acid groups (broad SMARTS) is 1. The van der Waals surface area contributed by atoms with Crippen LogP contribution >= 0.6 is 0 Å². The zero-order valence-corrected chi connectivity index (χ0v) is 61.0. The summed E-state index contributed by atoms with van der Waals surface area (Å²) in [5, 5.41) is 62.5. The SMILES string of the molecule is CC(C)C[C@H](NC(=O)[C@H](CCCCN)NC(=O)[C@H](CCCN=C(N)N)NC(=O)[C@H](C)NC(=O)[C@H](CO)NC[CH]NC[CH]NC[CH]NCCNC[CH]NC(=O)[C@H](Cc1ccccc1)NC(=O)CNC(=O)CNC(=O)[C@@H](N)Cc1ccccc1)C(=O)N[C@@H](C)C(=O)N[C@@H](CC(N)=O)C(=O)N[C@@H](CCC(N)=O)C(=O)O. The molecular formula is C68H111N23O16. The van der Waals surface area contributed by atoms with Gasteiger partial charge in [-0.3, -0.25) is 67.3 Å². The highest BCUT2D eigenvalue weighted by molar-refractivity contribution is 5.99. The Labute approximate surface area is 623 Å². The Morgan fingerprint density at radius 3 is 1.55 bits per heavy atom. The number of aliphatic imine (C=N–C) groups is 1. The summed E-state index contributed by atoms with van der Waals surface area (Å²) in [7, 11) is 0. The highest BCUT2D eigenvalue weighted by Crippen LogP contribution is 2.11. The van der Waals surface area contributed by atoms with Crippen molar-refractivity contribution < 1.29 is 77.3 Å². The molecule has 0 fully saturated rings. The lowest BCUT2D eigenvalue weighted by atomic mass is 10.0. The number of rotatable bonds is 58. The summed E-state index contributed by atoms with van der Waals surface area (Å²) >= 11 is 0. The summed E-state index contributed by atoms with van der Waals surface area (Å²) in [5.41, 5.74) is 34.8. The van der Waals surface area contributed by atoms with Gasteiger partial charge in [-0.15, -0.1) is 0 Å². The zero-order chi connectivity index (χ0) is 79.6. The first kappa shape index (κ1) is 93.1. The molecule has 0 aliphatic carbocycles. The minimum absolute atomic E-state index is 0.00225. The van der Waals surface area contributed by atoms with Gasteiger partial charge in [0, 0.05) is 78.3 Å². The van der Waals surface area contributed by atoms with Gasteiger partial charge in [-0.25, -0.2) is 4.79 Å². The van der Waals surface area contributed by atoms with Gasteiger partial charge >= 0.3 is 5.97 Å². The predicted molar refractivity (Wildman–Crippen MR) is 394 cm³/mol. The minimum Gasteiger partial charge on any atom is -0.480 e. The zero-order valence-electron chi connectivity index (χ0n) is 61.0. The summed E-state index contributed by atoms with van der Waals surface area (Å²) in [4.78, 5) is 186. The number of amides is 13. The van der Waals surface area contributed by atoms with Gasteiger partial charge in [-0.1, -0.05) is 74.5 Å². The van der Waals surface area contributed by atoms with Crippen molar-refractivity contribution in [3.05, 3.63) is 98.0 Å². The average Bonchev–Trinajstić information content (AvgIpc) is 0.878. The molecule has 0 bridgehead atoms. The number of aliphatic hydroxyl groups is 1. The van der Waals surface area contributed by atoms with E-state index in [0.29, 0.717) is 45.6 Å². The van der Waals surface area contributed by atoms with Crippen LogP contribution in [-0.4, -0.2) is 231 Å². The van der Waals surface area contributed by atoms with Crippen molar-refractivity contribution in [3.63, 3.8) is 0 Å². The summed E-state index contributed by atoms with van der Waals surface area (Å²) in [6.45, 7) is 13.8. The number of primary amides is 2. The van der Waals surface area contributed by atoms with Gasteiger partial charge in [0.1, 0.15) is 54.4 Å². The van der Waals surface area contributed by atoms with Crippen molar-refractivity contribution in [3.8, 4) is 0 Å². The molecule has 0 saturated carbocycles. The third kappa shape index (κ3) is 42.0. The van der Waals surface area contributed by atoms with Crippen LogP contribution in [0.15, 0.2) is 65.7 Å². The summed E-state index contributed by atoms with van der Waals surface area (Å²) in [6, 6.07) is 5.14. The number of benzene rings is 2. The molecule has 0 heterocycles. The fraction of sp³-hybridized carbons (Fsp3) is 0.544. The van der Waals surface area contributed by atoms with Gasteiger partial charge in [0.05, 0.1) is 38.7 Å². The van der Waals surface area contributed by atoms with Crippen LogP contribution < -0.4 is 119 Å². The molecular weight excluding hydrogens is 1390 g/mol. The number of nitrogens with two attached hydrogens (primary N) is 6. The number of carbonyl (C=O) groups is 14. The second-order valence-corrected chi connectivity index (χ2v) is 25.2. The molecule has 2 aromatic rings. The quantitative estimate of drug-likeness (QED) is 0.0166. The smallest absolute Gasteiger partial charge is 0.326 e. The largest absolute Gasteiger partial charge is 0.480 e. The van der Waals surface area contributed by atoms with E-state index in [1.807, 2.05) is 48.5 Å². The maximum absolute atomic E-state index is 14.2. The van der Waals surface area contributed by atoms with E-state index in [1.54, 1.807) is 45.6 Å². The molecule has 0 unspecified atom stereocenters. The first-order valence-electron chi connectivity index (χ1n) is 35.1. The van der Waals surface area contributed by atoms with Crippen molar-refractivity contribution >= 4 is 88.7 Å². The third-order valence-corrected chi connectivity index (χ3v) is 15.5. The lowest BCUT2D eigenvalue weighted by Crippen LogP contribution is -2.60. The molecule has 0 saturated heterocycles. The molecule has 39 heteroatoms. The number of hydrogen-bond acceptors (Lipinski definition) is 23. The van der Waals surface area contributed by atoms with Gasteiger partial charge in [0.15, 0.2) is 5.96 Å². The molecule has 2 rings (SSSR count). The second-order valence-electron chi connectivity index (χ2n) is 25.2. The molecule has 0 aromatic heterocycles. The van der Waals surface area contributed by atoms with E-state index in [2.05, 4.69) is 90.1 Å². The second kappa shape index (κ2) is 53.7. The summed E-state index contributed by atoms with van der Waals surface area (Å²) in [6.07, 6.45) is -0.343. The highest BCUT2D eigenvalue weighted by atomic mass is 16.4. The fourth-order valence-electron chi connectivity index (χ4n) is 9.80. The number of carbonyl (C=O) groups excluding carboxylic acids is 13. The van der Waals surface area contributed by atoms with Crippen molar-refractivity contribution in [2.45, 2.75) is 159 Å². The molecule has 0 spiro atoms. The number of aliphatic hydroxyl groups excluding tert-OH is 1.